The lowest BCUT2D eigenvalue weighted by atomic mass is 10.1. The van der Waals surface area contributed by atoms with Crippen molar-refractivity contribution < 1.29 is 4.42 Å². The minimum atomic E-state index is 0.481. The van der Waals surface area contributed by atoms with Crippen LogP contribution in [0.3, 0.4) is 0 Å². The van der Waals surface area contributed by atoms with Crippen LogP contribution in [-0.4, -0.2) is 10.2 Å². The van der Waals surface area contributed by atoms with Crippen LogP contribution in [0.2, 0.25) is 0 Å². The second-order valence-corrected chi connectivity index (χ2v) is 5.17. The molecule has 4 nitrogen and oxygen atoms in total. The molecule has 0 radical (unpaired) electrons. The van der Waals surface area contributed by atoms with Gasteiger partial charge in [0, 0.05) is 4.88 Å². The highest BCUT2D eigenvalue weighted by molar-refractivity contribution is 9.10. The molecule has 0 spiro atoms. The second-order valence-electron chi connectivity index (χ2n) is 3.44. The molecule has 0 aromatic carbocycles. The smallest absolute Gasteiger partial charge is 0.169 e. The Labute approximate surface area is 110 Å². The Balaban J connectivity index is 2.19. The van der Waals surface area contributed by atoms with Gasteiger partial charge in [0.25, 0.3) is 0 Å². The van der Waals surface area contributed by atoms with E-state index in [1.807, 2.05) is 29.6 Å². The summed E-state index contributed by atoms with van der Waals surface area (Å²) in [6, 6.07) is 7.69. The van der Waals surface area contributed by atoms with Gasteiger partial charge in [0.1, 0.15) is 5.69 Å². The van der Waals surface area contributed by atoms with Crippen molar-refractivity contribution in [3.63, 3.8) is 0 Å². The van der Waals surface area contributed by atoms with Gasteiger partial charge in [-0.1, -0.05) is 6.07 Å². The van der Waals surface area contributed by atoms with Crippen molar-refractivity contribution in [1.82, 2.24) is 10.2 Å². The lowest BCUT2D eigenvalue weighted by Crippen LogP contribution is -1.86. The number of thiophene rings is 1. The van der Waals surface area contributed by atoms with Crippen LogP contribution in [0.15, 0.2) is 38.7 Å². The number of nitrogen functional groups attached to an aromatic ring is 1. The fraction of sp³-hybridized carbons (Fsp3) is 0. The molecule has 0 fully saturated rings. The Hall–Kier alpha value is -1.53. The van der Waals surface area contributed by atoms with Crippen molar-refractivity contribution in [1.29, 1.82) is 0 Å². The molecule has 0 atom stereocenters. The third-order valence-corrected chi connectivity index (χ3v) is 3.70. The summed E-state index contributed by atoms with van der Waals surface area (Å²) in [7, 11) is 0. The van der Waals surface area contributed by atoms with Gasteiger partial charge < -0.3 is 10.2 Å². The number of nitrogens with zero attached hydrogens (tertiary/aromatic N) is 1. The number of H-pyrrole nitrogens is 1. The fourth-order valence-corrected chi connectivity index (χ4v) is 2.75. The van der Waals surface area contributed by atoms with Crippen molar-refractivity contribution in [3.05, 3.63) is 34.3 Å². The number of nitrogens with two attached hydrogens (primary N) is 1. The van der Waals surface area contributed by atoms with E-state index in [1.54, 1.807) is 11.3 Å². The van der Waals surface area contributed by atoms with Crippen molar-refractivity contribution in [2.75, 3.05) is 5.73 Å². The first-order chi connectivity index (χ1) is 8.25. The van der Waals surface area contributed by atoms with E-state index in [2.05, 4.69) is 26.1 Å². The lowest BCUT2D eigenvalue weighted by Gasteiger charge is -1.98. The molecule has 0 aliphatic carbocycles. The van der Waals surface area contributed by atoms with Crippen molar-refractivity contribution in [2.45, 2.75) is 0 Å². The monoisotopic (exact) mass is 309 g/mol. The zero-order valence-corrected chi connectivity index (χ0v) is 11.0. The van der Waals surface area contributed by atoms with Crippen LogP contribution in [0.5, 0.6) is 0 Å². The SMILES string of the molecule is Nc1n[nH]c(-c2ccc(Br)o2)c1-c1cccs1. The number of anilines is 1. The van der Waals surface area contributed by atoms with Crippen molar-refractivity contribution >= 4 is 33.1 Å². The quantitative estimate of drug-likeness (QED) is 0.757. The molecule has 3 aromatic heterocycles. The van der Waals surface area contributed by atoms with E-state index in [1.165, 1.54) is 0 Å². The summed E-state index contributed by atoms with van der Waals surface area (Å²) in [5.41, 5.74) is 7.58. The van der Waals surface area contributed by atoms with E-state index in [0.717, 1.165) is 16.1 Å². The summed E-state index contributed by atoms with van der Waals surface area (Å²) < 4.78 is 6.19. The molecule has 6 heteroatoms. The van der Waals surface area contributed by atoms with Crippen LogP contribution in [0.25, 0.3) is 21.9 Å². The van der Waals surface area contributed by atoms with E-state index in [4.69, 9.17) is 10.2 Å². The Morgan fingerprint density at radius 3 is 2.88 bits per heavy atom. The molecule has 3 aromatic rings. The number of nitrogens with one attached hydrogen (secondary N) is 1. The summed E-state index contributed by atoms with van der Waals surface area (Å²) in [5.74, 6) is 1.19. The molecule has 3 N–H and O–H groups in total. The van der Waals surface area contributed by atoms with Crippen LogP contribution in [0.4, 0.5) is 5.82 Å². The predicted octanol–water partition coefficient (Wildman–Crippen LogP) is 3.74. The van der Waals surface area contributed by atoms with E-state index in [0.29, 0.717) is 16.2 Å². The third kappa shape index (κ3) is 1.79. The maximum Gasteiger partial charge on any atom is 0.169 e. The molecule has 0 saturated heterocycles. The van der Waals surface area contributed by atoms with Gasteiger partial charge in [-0.3, -0.25) is 5.10 Å². The van der Waals surface area contributed by atoms with Crippen LogP contribution in [0.1, 0.15) is 0 Å². The molecule has 0 amide bonds. The minimum absolute atomic E-state index is 0.481. The summed E-state index contributed by atoms with van der Waals surface area (Å²) >= 11 is 4.90. The second kappa shape index (κ2) is 4.05. The molecule has 0 unspecified atom stereocenters. The minimum Gasteiger partial charge on any atom is -0.448 e. The molecule has 3 rings (SSSR count). The number of hydrogen-bond acceptors (Lipinski definition) is 4. The normalized spacial score (nSPS) is 10.9. The Bertz CT molecular complexity index is 642. The van der Waals surface area contributed by atoms with Gasteiger partial charge in [-0.25, -0.2) is 0 Å². The standard InChI is InChI=1S/C11H8BrN3OS/c12-8-4-3-6(16-8)10-9(11(13)15-14-10)7-2-1-5-17-7/h1-5H,(H3,13,14,15). The fourth-order valence-electron chi connectivity index (χ4n) is 1.65. The van der Waals surface area contributed by atoms with Crippen molar-refractivity contribution in [3.8, 4) is 21.9 Å². The predicted molar refractivity (Wildman–Crippen MR) is 71.7 cm³/mol. The summed E-state index contributed by atoms with van der Waals surface area (Å²) in [4.78, 5) is 1.07. The van der Waals surface area contributed by atoms with Crippen LogP contribution in [-0.2, 0) is 0 Å². The first kappa shape index (κ1) is 10.6. The zero-order chi connectivity index (χ0) is 11.8. The number of aromatic nitrogens is 2. The first-order valence-electron chi connectivity index (χ1n) is 4.89. The number of hydrogen-bond donors (Lipinski definition) is 2. The highest BCUT2D eigenvalue weighted by Crippen LogP contribution is 2.38. The van der Waals surface area contributed by atoms with Gasteiger partial charge in [0.15, 0.2) is 16.2 Å². The Morgan fingerprint density at radius 1 is 1.35 bits per heavy atom. The van der Waals surface area contributed by atoms with E-state index >= 15 is 0 Å². The van der Waals surface area contributed by atoms with Gasteiger partial charge in [-0.15, -0.1) is 11.3 Å². The number of halogens is 1. The zero-order valence-electron chi connectivity index (χ0n) is 8.61. The molecule has 0 saturated carbocycles. The third-order valence-electron chi connectivity index (χ3n) is 2.38. The molecule has 0 aliphatic heterocycles. The average molecular weight is 310 g/mol. The first-order valence-corrected chi connectivity index (χ1v) is 6.56. The van der Waals surface area contributed by atoms with E-state index < -0.39 is 0 Å². The molecular weight excluding hydrogens is 302 g/mol. The van der Waals surface area contributed by atoms with E-state index in [9.17, 15) is 0 Å². The van der Waals surface area contributed by atoms with Gasteiger partial charge in [0.2, 0.25) is 0 Å². The molecule has 0 bridgehead atoms. The molecule has 86 valence electrons. The van der Waals surface area contributed by atoms with Gasteiger partial charge in [0.05, 0.1) is 5.56 Å². The highest BCUT2D eigenvalue weighted by atomic mass is 79.9. The van der Waals surface area contributed by atoms with Crippen LogP contribution >= 0.6 is 27.3 Å². The highest BCUT2D eigenvalue weighted by Gasteiger charge is 2.17. The molecule has 3 heterocycles. The topological polar surface area (TPSA) is 67.8 Å². The summed E-state index contributed by atoms with van der Waals surface area (Å²) in [6.07, 6.45) is 0. The summed E-state index contributed by atoms with van der Waals surface area (Å²) in [6.45, 7) is 0. The lowest BCUT2D eigenvalue weighted by molar-refractivity contribution is 0.554. The number of rotatable bonds is 2. The average Bonchev–Trinajstić information content (AvgIpc) is 2.97. The Kier molecular flexibility index (Phi) is 2.53. The number of furan rings is 1. The van der Waals surface area contributed by atoms with Gasteiger partial charge in [-0.05, 0) is 39.5 Å². The maximum atomic E-state index is 5.89. The molecule has 17 heavy (non-hydrogen) atoms. The summed E-state index contributed by atoms with van der Waals surface area (Å²) in [5, 5.41) is 8.95. The molecule has 0 aliphatic rings. The number of aromatic amines is 1. The van der Waals surface area contributed by atoms with Gasteiger partial charge >= 0.3 is 0 Å². The Morgan fingerprint density at radius 2 is 2.24 bits per heavy atom. The van der Waals surface area contributed by atoms with Crippen molar-refractivity contribution in [2.24, 2.45) is 0 Å². The largest absolute Gasteiger partial charge is 0.448 e. The van der Waals surface area contributed by atoms with Crippen LogP contribution in [0, 0.1) is 0 Å². The van der Waals surface area contributed by atoms with E-state index in [-0.39, 0.29) is 0 Å². The van der Waals surface area contributed by atoms with Crippen LogP contribution < -0.4 is 5.73 Å². The van der Waals surface area contributed by atoms with Gasteiger partial charge in [-0.2, -0.15) is 5.10 Å². The molecular formula is C11H8BrN3OS. The maximum absolute atomic E-state index is 5.89.